The standard InChI is InChI=1S/C21H20N6O3/c1-26-20(28)10-17(16-5-6-23-13-24-16)25-21(26)27-7-8-30-19(12-27)15-9-14(11-22)3-4-18(15)29-2/h3-6,9-10,13,19H,7-8,12H2,1-2H3. The van der Waals surface area contributed by atoms with E-state index >= 15 is 0 Å². The summed E-state index contributed by atoms with van der Waals surface area (Å²) in [5, 5.41) is 9.26. The van der Waals surface area contributed by atoms with E-state index in [9.17, 15) is 10.1 Å². The van der Waals surface area contributed by atoms with Gasteiger partial charge in [0.15, 0.2) is 0 Å². The molecule has 3 aromatic rings. The van der Waals surface area contributed by atoms with Crippen LogP contribution < -0.4 is 15.2 Å². The molecule has 1 aliphatic rings. The number of anilines is 1. The van der Waals surface area contributed by atoms with Gasteiger partial charge in [-0.15, -0.1) is 0 Å². The van der Waals surface area contributed by atoms with Crippen molar-refractivity contribution in [3.8, 4) is 23.2 Å². The minimum Gasteiger partial charge on any atom is -0.496 e. The largest absolute Gasteiger partial charge is 0.496 e. The van der Waals surface area contributed by atoms with Gasteiger partial charge in [-0.1, -0.05) is 0 Å². The summed E-state index contributed by atoms with van der Waals surface area (Å²) >= 11 is 0. The highest BCUT2D eigenvalue weighted by Gasteiger charge is 2.27. The molecule has 1 aliphatic heterocycles. The topological polar surface area (TPSA) is 106 Å². The lowest BCUT2D eigenvalue weighted by atomic mass is 10.0. The van der Waals surface area contributed by atoms with Crippen LogP contribution in [0, 0.1) is 11.3 Å². The van der Waals surface area contributed by atoms with Crippen LogP contribution in [-0.4, -0.2) is 46.3 Å². The number of ether oxygens (including phenoxy) is 2. The maximum Gasteiger partial charge on any atom is 0.255 e. The molecule has 3 heterocycles. The Balaban J connectivity index is 1.70. The zero-order valence-electron chi connectivity index (χ0n) is 16.6. The second-order valence-electron chi connectivity index (χ2n) is 6.81. The van der Waals surface area contributed by atoms with Crippen LogP contribution in [0.3, 0.4) is 0 Å². The Morgan fingerprint density at radius 3 is 2.87 bits per heavy atom. The van der Waals surface area contributed by atoms with E-state index in [4.69, 9.17) is 14.5 Å². The van der Waals surface area contributed by atoms with E-state index in [0.717, 1.165) is 5.56 Å². The lowest BCUT2D eigenvalue weighted by Gasteiger charge is -2.35. The van der Waals surface area contributed by atoms with Crippen LogP contribution in [0.4, 0.5) is 5.95 Å². The Bertz CT molecular complexity index is 1160. The molecule has 0 N–H and O–H groups in total. The maximum atomic E-state index is 12.6. The summed E-state index contributed by atoms with van der Waals surface area (Å²) in [4.78, 5) is 27.4. The second-order valence-corrected chi connectivity index (χ2v) is 6.81. The van der Waals surface area contributed by atoms with Crippen LogP contribution in [0.2, 0.25) is 0 Å². The molecule has 152 valence electrons. The number of aromatic nitrogens is 4. The molecule has 30 heavy (non-hydrogen) atoms. The van der Waals surface area contributed by atoms with Gasteiger partial charge in [0.25, 0.3) is 5.56 Å². The molecule has 9 nitrogen and oxygen atoms in total. The van der Waals surface area contributed by atoms with Crippen molar-refractivity contribution in [3.05, 3.63) is 64.3 Å². The number of methoxy groups -OCH3 is 1. The van der Waals surface area contributed by atoms with Crippen molar-refractivity contribution in [2.45, 2.75) is 6.10 Å². The van der Waals surface area contributed by atoms with Gasteiger partial charge in [0, 0.05) is 31.4 Å². The van der Waals surface area contributed by atoms with Crippen LogP contribution in [0.1, 0.15) is 17.2 Å². The Hall–Kier alpha value is -3.77. The predicted octanol–water partition coefficient (Wildman–Crippen LogP) is 1.70. The first kappa shape index (κ1) is 19.5. The molecule has 1 fully saturated rings. The van der Waals surface area contributed by atoms with Gasteiger partial charge in [0.1, 0.15) is 18.2 Å². The summed E-state index contributed by atoms with van der Waals surface area (Å²) in [5.74, 6) is 1.18. The van der Waals surface area contributed by atoms with E-state index in [0.29, 0.717) is 48.3 Å². The van der Waals surface area contributed by atoms with E-state index in [-0.39, 0.29) is 11.7 Å². The molecule has 1 saturated heterocycles. The second kappa shape index (κ2) is 8.31. The van der Waals surface area contributed by atoms with E-state index in [1.54, 1.807) is 44.6 Å². The molecule has 0 spiro atoms. The van der Waals surface area contributed by atoms with E-state index < -0.39 is 0 Å². The quantitative estimate of drug-likeness (QED) is 0.647. The number of rotatable bonds is 4. The smallest absolute Gasteiger partial charge is 0.255 e. The minimum atomic E-state index is -0.332. The van der Waals surface area contributed by atoms with Gasteiger partial charge in [0.2, 0.25) is 5.95 Å². The van der Waals surface area contributed by atoms with Crippen molar-refractivity contribution in [1.82, 2.24) is 19.5 Å². The average Bonchev–Trinajstić information content (AvgIpc) is 2.81. The van der Waals surface area contributed by atoms with Crippen molar-refractivity contribution < 1.29 is 9.47 Å². The molecular formula is C21H20N6O3. The Morgan fingerprint density at radius 1 is 1.27 bits per heavy atom. The lowest BCUT2D eigenvalue weighted by molar-refractivity contribution is 0.0374. The van der Waals surface area contributed by atoms with Gasteiger partial charge in [-0.05, 0) is 24.3 Å². The highest BCUT2D eigenvalue weighted by atomic mass is 16.5. The fraction of sp³-hybridized carbons (Fsp3) is 0.286. The Labute approximate surface area is 173 Å². The van der Waals surface area contributed by atoms with Crippen molar-refractivity contribution in [2.75, 3.05) is 31.7 Å². The van der Waals surface area contributed by atoms with E-state index in [2.05, 4.69) is 16.0 Å². The highest BCUT2D eigenvalue weighted by Crippen LogP contribution is 2.32. The predicted molar refractivity (Wildman–Crippen MR) is 109 cm³/mol. The van der Waals surface area contributed by atoms with Crippen LogP contribution in [0.15, 0.2) is 47.7 Å². The minimum absolute atomic E-state index is 0.180. The molecule has 2 aromatic heterocycles. The fourth-order valence-corrected chi connectivity index (χ4v) is 3.46. The van der Waals surface area contributed by atoms with Crippen LogP contribution in [-0.2, 0) is 11.8 Å². The van der Waals surface area contributed by atoms with Gasteiger partial charge >= 0.3 is 0 Å². The molecule has 0 amide bonds. The Kier molecular flexibility index (Phi) is 5.41. The van der Waals surface area contributed by atoms with E-state index in [1.165, 1.54) is 17.0 Å². The number of nitriles is 1. The number of hydrogen-bond donors (Lipinski definition) is 0. The molecule has 9 heteroatoms. The highest BCUT2D eigenvalue weighted by molar-refractivity contribution is 5.55. The monoisotopic (exact) mass is 404 g/mol. The first-order chi connectivity index (χ1) is 14.6. The maximum absolute atomic E-state index is 12.6. The lowest BCUT2D eigenvalue weighted by Crippen LogP contribution is -2.41. The third-order valence-corrected chi connectivity index (χ3v) is 5.01. The zero-order valence-corrected chi connectivity index (χ0v) is 16.6. The third kappa shape index (κ3) is 3.73. The average molecular weight is 404 g/mol. The third-order valence-electron chi connectivity index (χ3n) is 5.01. The molecule has 0 aliphatic carbocycles. The molecule has 0 saturated carbocycles. The number of hydrogen-bond acceptors (Lipinski definition) is 8. The van der Waals surface area contributed by atoms with Crippen molar-refractivity contribution >= 4 is 5.95 Å². The summed E-state index contributed by atoms with van der Waals surface area (Å²) in [6, 6.07) is 10.6. The molecule has 1 aromatic carbocycles. The van der Waals surface area contributed by atoms with Crippen molar-refractivity contribution in [3.63, 3.8) is 0 Å². The number of morpholine rings is 1. The molecule has 0 radical (unpaired) electrons. The normalized spacial score (nSPS) is 16.2. The summed E-state index contributed by atoms with van der Waals surface area (Å²) in [6.07, 6.45) is 2.70. The van der Waals surface area contributed by atoms with Crippen LogP contribution in [0.5, 0.6) is 5.75 Å². The van der Waals surface area contributed by atoms with Gasteiger partial charge < -0.3 is 14.4 Å². The number of benzene rings is 1. The summed E-state index contributed by atoms with van der Waals surface area (Å²) in [6.45, 7) is 1.47. The SMILES string of the molecule is COc1ccc(C#N)cc1C1CN(c2nc(-c3ccncn3)cc(=O)n2C)CCO1. The molecule has 0 bridgehead atoms. The summed E-state index contributed by atoms with van der Waals surface area (Å²) in [7, 11) is 3.28. The van der Waals surface area contributed by atoms with Gasteiger partial charge in [0.05, 0.1) is 43.3 Å². The van der Waals surface area contributed by atoms with Crippen molar-refractivity contribution in [1.29, 1.82) is 5.26 Å². The molecule has 4 rings (SSSR count). The van der Waals surface area contributed by atoms with Gasteiger partial charge in [-0.2, -0.15) is 5.26 Å². The molecule has 1 unspecified atom stereocenters. The van der Waals surface area contributed by atoms with Crippen LogP contribution >= 0.6 is 0 Å². The van der Waals surface area contributed by atoms with Crippen molar-refractivity contribution in [2.24, 2.45) is 7.05 Å². The zero-order chi connectivity index (χ0) is 21.1. The fourth-order valence-electron chi connectivity index (χ4n) is 3.46. The first-order valence-corrected chi connectivity index (χ1v) is 9.39. The van der Waals surface area contributed by atoms with Gasteiger partial charge in [-0.25, -0.2) is 15.0 Å². The summed E-state index contributed by atoms with van der Waals surface area (Å²) in [5.41, 5.74) is 2.21. The Morgan fingerprint density at radius 2 is 2.13 bits per heavy atom. The van der Waals surface area contributed by atoms with E-state index in [1.807, 2.05) is 4.90 Å². The number of nitrogens with zero attached hydrogens (tertiary/aromatic N) is 6. The molecule has 1 atom stereocenters. The molecular weight excluding hydrogens is 384 g/mol. The van der Waals surface area contributed by atoms with Gasteiger partial charge in [-0.3, -0.25) is 9.36 Å². The first-order valence-electron chi connectivity index (χ1n) is 9.39. The summed E-state index contributed by atoms with van der Waals surface area (Å²) < 4.78 is 13.0. The van der Waals surface area contributed by atoms with Crippen LogP contribution in [0.25, 0.3) is 11.4 Å².